The molecule has 0 saturated carbocycles. The fraction of sp³-hybridized carbons (Fsp3) is 0.889. The summed E-state index contributed by atoms with van der Waals surface area (Å²) in [5, 5.41) is 2.77. The van der Waals surface area contributed by atoms with Gasteiger partial charge in [0.1, 0.15) is 0 Å². The maximum atomic E-state index is 10.4. The fourth-order valence-electron chi connectivity index (χ4n) is 0.816. The molecule has 0 saturated heterocycles. The van der Waals surface area contributed by atoms with E-state index in [1.807, 2.05) is 0 Å². The van der Waals surface area contributed by atoms with Gasteiger partial charge in [0.15, 0.2) is 0 Å². The molecule has 0 heterocycles. The number of rotatable bonds is 5. The van der Waals surface area contributed by atoms with Crippen molar-refractivity contribution < 1.29 is 4.79 Å². The third-order valence-electron chi connectivity index (χ3n) is 1.40. The first kappa shape index (κ1) is 13.1. The summed E-state index contributed by atoms with van der Waals surface area (Å²) in [5.41, 5.74) is 0. The molecule has 0 radical (unpaired) electrons. The van der Waals surface area contributed by atoms with E-state index >= 15 is 0 Å². The minimum atomic E-state index is 0. The molecule has 0 fully saturated rings. The van der Waals surface area contributed by atoms with Crippen LogP contribution >= 0.6 is 0 Å². The Morgan fingerprint density at radius 1 is 1.27 bits per heavy atom. The summed E-state index contributed by atoms with van der Waals surface area (Å²) in [6.45, 7) is 4.58. The van der Waals surface area contributed by atoms with Crippen LogP contribution in [0.2, 0.25) is 0 Å². The Balaban J connectivity index is 0. The smallest absolute Gasteiger partial charge is 0.216 e. The second-order valence-corrected chi connectivity index (χ2v) is 2.54. The highest BCUT2D eigenvalue weighted by Gasteiger charge is 1.89. The number of carbonyl (C=O) groups excluding carboxylic acids is 1. The van der Waals surface area contributed by atoms with Gasteiger partial charge in [-0.15, -0.1) is 0 Å². The molecule has 0 unspecified atom stereocenters. The van der Waals surface area contributed by atoms with Crippen LogP contribution in [0.15, 0.2) is 0 Å². The van der Waals surface area contributed by atoms with Gasteiger partial charge >= 0.3 is 0 Å². The van der Waals surface area contributed by atoms with E-state index in [4.69, 9.17) is 0 Å². The lowest BCUT2D eigenvalue weighted by atomic mass is 10.2. The van der Waals surface area contributed by atoms with Crippen LogP contribution in [-0.2, 0) is 4.79 Å². The molecule has 0 aromatic rings. The molecule has 1 N–H and O–H groups in total. The van der Waals surface area contributed by atoms with Gasteiger partial charge in [0.05, 0.1) is 0 Å². The van der Waals surface area contributed by atoms with Crippen molar-refractivity contribution in [1.82, 2.24) is 5.32 Å². The Labute approximate surface area is 70.4 Å². The summed E-state index contributed by atoms with van der Waals surface area (Å²) in [6, 6.07) is 0. The predicted molar refractivity (Wildman–Crippen MR) is 49.6 cm³/mol. The number of hydrogen-bond donors (Lipinski definition) is 1. The average Bonchev–Trinajstić information content (AvgIpc) is 1.87. The van der Waals surface area contributed by atoms with Crippen molar-refractivity contribution in [1.29, 1.82) is 0 Å². The zero-order chi connectivity index (χ0) is 7.82. The lowest BCUT2D eigenvalue weighted by Gasteiger charge is -1.99. The summed E-state index contributed by atoms with van der Waals surface area (Å²) >= 11 is 0. The second kappa shape index (κ2) is 9.47. The van der Waals surface area contributed by atoms with Crippen LogP contribution in [0.4, 0.5) is 0 Å². The zero-order valence-electron chi connectivity index (χ0n) is 6.94. The Hall–Kier alpha value is -0.530. The van der Waals surface area contributed by atoms with Crippen molar-refractivity contribution in [2.24, 2.45) is 0 Å². The van der Waals surface area contributed by atoms with Crippen molar-refractivity contribution >= 4 is 5.91 Å². The molecule has 0 aliphatic heterocycles. The summed E-state index contributed by atoms with van der Waals surface area (Å²) in [7, 11) is 0. The Bertz CT molecular complexity index is 91.6. The van der Waals surface area contributed by atoms with E-state index in [-0.39, 0.29) is 13.3 Å². The highest BCUT2D eigenvalue weighted by molar-refractivity contribution is 5.72. The number of unbranched alkanes of at least 4 members (excludes halogenated alkanes) is 3. The topological polar surface area (TPSA) is 29.1 Å². The summed E-state index contributed by atoms with van der Waals surface area (Å²) in [5.74, 6) is 0.0801. The third kappa shape index (κ3) is 12.6. The molecule has 0 spiro atoms. The minimum Gasteiger partial charge on any atom is -0.356 e. The standard InChI is InChI=1S/C8H17NO.CH4/c1-3-4-5-6-7-9-8(2)10;/h3-7H2,1-2H3,(H,9,10);1H4. The lowest BCUT2D eigenvalue weighted by Crippen LogP contribution is -2.20. The fourth-order valence-corrected chi connectivity index (χ4v) is 0.816. The van der Waals surface area contributed by atoms with E-state index in [1.54, 1.807) is 6.92 Å². The van der Waals surface area contributed by atoms with Crippen LogP contribution in [0, 0.1) is 0 Å². The van der Waals surface area contributed by atoms with Gasteiger partial charge in [0.25, 0.3) is 0 Å². The van der Waals surface area contributed by atoms with Crippen LogP contribution in [-0.4, -0.2) is 12.5 Å². The van der Waals surface area contributed by atoms with E-state index < -0.39 is 0 Å². The molecule has 0 aliphatic carbocycles. The molecule has 1 amide bonds. The van der Waals surface area contributed by atoms with Crippen molar-refractivity contribution in [3.8, 4) is 0 Å². The molecule has 0 aromatic carbocycles. The van der Waals surface area contributed by atoms with Crippen molar-refractivity contribution in [2.75, 3.05) is 6.54 Å². The van der Waals surface area contributed by atoms with Gasteiger partial charge in [-0.05, 0) is 6.42 Å². The van der Waals surface area contributed by atoms with E-state index in [9.17, 15) is 4.79 Å². The molecule has 0 bridgehead atoms. The van der Waals surface area contributed by atoms with E-state index in [1.165, 1.54) is 19.3 Å². The summed E-state index contributed by atoms with van der Waals surface area (Å²) in [4.78, 5) is 10.4. The molecular weight excluding hydrogens is 138 g/mol. The van der Waals surface area contributed by atoms with Gasteiger partial charge < -0.3 is 5.32 Å². The molecule has 2 nitrogen and oxygen atoms in total. The number of amides is 1. The zero-order valence-corrected chi connectivity index (χ0v) is 6.94. The Kier molecular flexibility index (Phi) is 11.3. The average molecular weight is 159 g/mol. The van der Waals surface area contributed by atoms with Crippen LogP contribution in [0.25, 0.3) is 0 Å². The minimum absolute atomic E-state index is 0. The highest BCUT2D eigenvalue weighted by atomic mass is 16.1. The number of carbonyl (C=O) groups is 1. The number of hydrogen-bond acceptors (Lipinski definition) is 1. The Morgan fingerprint density at radius 2 is 1.91 bits per heavy atom. The van der Waals surface area contributed by atoms with Crippen LogP contribution in [0.1, 0.15) is 47.0 Å². The first-order valence-electron chi connectivity index (χ1n) is 4.01. The summed E-state index contributed by atoms with van der Waals surface area (Å²) in [6.07, 6.45) is 4.88. The normalized spacial score (nSPS) is 8.55. The number of nitrogens with one attached hydrogen (secondary N) is 1. The lowest BCUT2D eigenvalue weighted by molar-refractivity contribution is -0.118. The molecule has 11 heavy (non-hydrogen) atoms. The molecule has 0 aromatic heterocycles. The molecule has 2 heteroatoms. The van der Waals surface area contributed by atoms with E-state index in [0.29, 0.717) is 0 Å². The third-order valence-corrected chi connectivity index (χ3v) is 1.40. The highest BCUT2D eigenvalue weighted by Crippen LogP contribution is 1.96. The molecule has 0 aliphatic rings. The summed E-state index contributed by atoms with van der Waals surface area (Å²) < 4.78 is 0. The Morgan fingerprint density at radius 3 is 2.36 bits per heavy atom. The maximum absolute atomic E-state index is 10.4. The van der Waals surface area contributed by atoms with Gasteiger partial charge in [0, 0.05) is 13.5 Å². The molecular formula is C9H21NO. The van der Waals surface area contributed by atoms with Gasteiger partial charge in [-0.1, -0.05) is 33.6 Å². The molecule has 68 valence electrons. The van der Waals surface area contributed by atoms with Gasteiger partial charge in [-0.25, -0.2) is 0 Å². The van der Waals surface area contributed by atoms with Crippen molar-refractivity contribution in [2.45, 2.75) is 47.0 Å². The van der Waals surface area contributed by atoms with E-state index in [0.717, 1.165) is 13.0 Å². The van der Waals surface area contributed by atoms with Crippen LogP contribution < -0.4 is 5.32 Å². The van der Waals surface area contributed by atoms with Gasteiger partial charge in [-0.2, -0.15) is 0 Å². The van der Waals surface area contributed by atoms with Crippen LogP contribution in [0.3, 0.4) is 0 Å². The quantitative estimate of drug-likeness (QED) is 0.613. The van der Waals surface area contributed by atoms with E-state index in [2.05, 4.69) is 12.2 Å². The van der Waals surface area contributed by atoms with Crippen LogP contribution in [0.5, 0.6) is 0 Å². The SMILES string of the molecule is C.CCCCCCNC(C)=O. The first-order valence-corrected chi connectivity index (χ1v) is 4.01. The molecule has 0 rings (SSSR count). The monoisotopic (exact) mass is 159 g/mol. The largest absolute Gasteiger partial charge is 0.356 e. The van der Waals surface area contributed by atoms with Gasteiger partial charge in [0.2, 0.25) is 5.91 Å². The molecule has 0 atom stereocenters. The first-order chi connectivity index (χ1) is 4.77. The second-order valence-electron chi connectivity index (χ2n) is 2.54. The predicted octanol–water partition coefficient (Wildman–Crippen LogP) is 2.34. The van der Waals surface area contributed by atoms with Crippen molar-refractivity contribution in [3.05, 3.63) is 0 Å². The van der Waals surface area contributed by atoms with Crippen molar-refractivity contribution in [3.63, 3.8) is 0 Å². The maximum Gasteiger partial charge on any atom is 0.216 e. The van der Waals surface area contributed by atoms with Gasteiger partial charge in [-0.3, -0.25) is 4.79 Å².